The maximum atomic E-state index is 12.4. The van der Waals surface area contributed by atoms with E-state index in [4.69, 9.17) is 4.42 Å². The van der Waals surface area contributed by atoms with Gasteiger partial charge in [-0.05, 0) is 73.5 Å². The molecule has 1 fully saturated rings. The van der Waals surface area contributed by atoms with Crippen molar-refractivity contribution in [2.75, 3.05) is 0 Å². The molecule has 0 bridgehead atoms. The average molecular weight is 433 g/mol. The fourth-order valence-electron chi connectivity index (χ4n) is 3.17. The van der Waals surface area contributed by atoms with Crippen LogP contribution in [0.2, 0.25) is 0 Å². The predicted molar refractivity (Wildman–Crippen MR) is 123 cm³/mol. The number of furan rings is 1. The summed E-state index contributed by atoms with van der Waals surface area (Å²) in [4.78, 5) is 28.8. The van der Waals surface area contributed by atoms with Gasteiger partial charge in [-0.3, -0.25) is 4.79 Å². The van der Waals surface area contributed by atoms with Crippen LogP contribution in [0.25, 0.3) is 17.4 Å². The minimum Gasteiger partial charge on any atom is -0.478 e. The Bertz CT molecular complexity index is 1270. The summed E-state index contributed by atoms with van der Waals surface area (Å²) >= 11 is 1.25. The largest absolute Gasteiger partial charge is 0.478 e. The van der Waals surface area contributed by atoms with Crippen LogP contribution in [-0.4, -0.2) is 22.2 Å². The zero-order valence-corrected chi connectivity index (χ0v) is 18.0. The number of rotatable bonds is 4. The van der Waals surface area contributed by atoms with Gasteiger partial charge in [0.25, 0.3) is 5.91 Å². The first-order chi connectivity index (χ1) is 14.8. The van der Waals surface area contributed by atoms with Crippen LogP contribution in [0.3, 0.4) is 0 Å². The van der Waals surface area contributed by atoms with Crippen molar-refractivity contribution in [3.05, 3.63) is 81.5 Å². The Morgan fingerprint density at radius 2 is 1.90 bits per heavy atom. The Labute approximate surface area is 183 Å². The third-order valence-corrected chi connectivity index (χ3v) is 6.01. The molecule has 4 rings (SSSR count). The van der Waals surface area contributed by atoms with Gasteiger partial charge in [-0.1, -0.05) is 24.3 Å². The Morgan fingerprint density at radius 1 is 1.10 bits per heavy atom. The molecular weight excluding hydrogens is 412 g/mol. The highest BCUT2D eigenvalue weighted by Crippen LogP contribution is 2.31. The molecule has 7 heteroatoms. The van der Waals surface area contributed by atoms with E-state index < -0.39 is 5.97 Å². The molecule has 2 aromatic carbocycles. The number of carbonyl (C=O) groups excluding carboxylic acids is 1. The Hall–Kier alpha value is -3.58. The van der Waals surface area contributed by atoms with Crippen LogP contribution in [0, 0.1) is 20.8 Å². The van der Waals surface area contributed by atoms with E-state index in [1.807, 2.05) is 38.1 Å². The number of carbonyl (C=O) groups is 2. The number of aromatic carboxylic acids is 1. The molecule has 0 unspecified atom stereocenters. The molecule has 0 aliphatic carbocycles. The Kier molecular flexibility index (Phi) is 5.52. The van der Waals surface area contributed by atoms with Gasteiger partial charge in [0, 0.05) is 11.6 Å². The van der Waals surface area contributed by atoms with Gasteiger partial charge in [-0.15, -0.1) is 0 Å². The van der Waals surface area contributed by atoms with Crippen LogP contribution in [0.4, 0.5) is 5.69 Å². The van der Waals surface area contributed by atoms with Crippen molar-refractivity contribution in [1.82, 2.24) is 5.32 Å². The van der Waals surface area contributed by atoms with E-state index in [0.717, 1.165) is 16.8 Å². The highest BCUT2D eigenvalue weighted by atomic mass is 32.2. The van der Waals surface area contributed by atoms with Gasteiger partial charge in [0.15, 0.2) is 5.17 Å². The molecule has 1 aromatic heterocycles. The zero-order chi connectivity index (χ0) is 22.1. The molecule has 0 spiro atoms. The molecule has 0 saturated carbocycles. The molecule has 156 valence electrons. The van der Waals surface area contributed by atoms with Gasteiger partial charge in [-0.2, -0.15) is 0 Å². The lowest BCUT2D eigenvalue weighted by molar-refractivity contribution is -0.115. The lowest BCUT2D eigenvalue weighted by Gasteiger charge is -2.04. The zero-order valence-electron chi connectivity index (χ0n) is 17.2. The van der Waals surface area contributed by atoms with Gasteiger partial charge in [0.05, 0.1) is 16.2 Å². The maximum Gasteiger partial charge on any atom is 0.335 e. The number of carboxylic acid groups (broad SMARTS) is 1. The third kappa shape index (κ3) is 4.32. The third-order valence-electron chi connectivity index (χ3n) is 5.10. The normalized spacial score (nSPS) is 16.2. The topological polar surface area (TPSA) is 91.9 Å². The number of amides is 1. The number of nitrogens with one attached hydrogen (secondary N) is 1. The van der Waals surface area contributed by atoms with Crippen molar-refractivity contribution in [2.24, 2.45) is 4.99 Å². The molecule has 0 radical (unpaired) electrons. The number of nitrogens with zero attached hydrogens (tertiary/aromatic N) is 1. The van der Waals surface area contributed by atoms with Gasteiger partial charge >= 0.3 is 5.97 Å². The van der Waals surface area contributed by atoms with Gasteiger partial charge in [0.1, 0.15) is 11.5 Å². The molecule has 2 heterocycles. The molecule has 1 saturated heterocycles. The first kappa shape index (κ1) is 20.7. The Balaban J connectivity index is 1.58. The quantitative estimate of drug-likeness (QED) is 0.534. The summed E-state index contributed by atoms with van der Waals surface area (Å²) in [7, 11) is 0. The van der Waals surface area contributed by atoms with E-state index in [1.54, 1.807) is 37.3 Å². The van der Waals surface area contributed by atoms with Crippen LogP contribution < -0.4 is 5.32 Å². The van der Waals surface area contributed by atoms with Crippen LogP contribution in [-0.2, 0) is 4.79 Å². The second-order valence-electron chi connectivity index (χ2n) is 7.24. The second-order valence-corrected chi connectivity index (χ2v) is 8.27. The van der Waals surface area contributed by atoms with Crippen molar-refractivity contribution in [3.8, 4) is 11.3 Å². The number of thioether (sulfide) groups is 1. The van der Waals surface area contributed by atoms with Crippen molar-refractivity contribution in [3.63, 3.8) is 0 Å². The van der Waals surface area contributed by atoms with E-state index in [9.17, 15) is 14.7 Å². The highest BCUT2D eigenvalue weighted by Gasteiger charge is 2.24. The summed E-state index contributed by atoms with van der Waals surface area (Å²) in [5, 5.41) is 12.6. The number of benzene rings is 2. The molecule has 2 N–H and O–H groups in total. The van der Waals surface area contributed by atoms with Crippen molar-refractivity contribution >= 4 is 40.6 Å². The van der Waals surface area contributed by atoms with Crippen LogP contribution in [0.15, 0.2) is 62.8 Å². The van der Waals surface area contributed by atoms with Crippen molar-refractivity contribution < 1.29 is 19.1 Å². The standard InChI is InChI=1S/C24H20N2O4S/c1-13-5-4-6-19(15(13)3)25-24-26-22(27)21(31-24)12-17-9-10-20(30-17)16-8-7-14(2)18(11-16)23(28)29/h4-12H,1-3H3,(H,28,29)(H,25,26,27)/b21-12-. The SMILES string of the molecule is Cc1ccc(-c2ccc(/C=C3\SC(=Nc4cccc(C)c4C)NC3=O)o2)cc1C(=O)O. The maximum absolute atomic E-state index is 12.4. The van der Waals surface area contributed by atoms with E-state index in [0.29, 0.717) is 32.7 Å². The Morgan fingerprint density at radius 3 is 2.68 bits per heavy atom. The summed E-state index contributed by atoms with van der Waals surface area (Å²) < 4.78 is 5.84. The molecule has 1 aliphatic heterocycles. The summed E-state index contributed by atoms with van der Waals surface area (Å²) in [6.07, 6.45) is 1.65. The minimum absolute atomic E-state index is 0.229. The van der Waals surface area contributed by atoms with Crippen LogP contribution in [0.5, 0.6) is 0 Å². The molecule has 6 nitrogen and oxygen atoms in total. The first-order valence-corrected chi connectivity index (χ1v) is 10.4. The van der Waals surface area contributed by atoms with Crippen LogP contribution >= 0.6 is 11.8 Å². The minimum atomic E-state index is -0.983. The number of amidine groups is 1. The van der Waals surface area contributed by atoms with Crippen molar-refractivity contribution in [1.29, 1.82) is 0 Å². The number of carboxylic acids is 1. The van der Waals surface area contributed by atoms with E-state index >= 15 is 0 Å². The molecule has 3 aromatic rings. The average Bonchev–Trinajstić information content (AvgIpc) is 3.32. The molecule has 1 aliphatic rings. The van der Waals surface area contributed by atoms with Gasteiger partial charge < -0.3 is 14.8 Å². The fourth-order valence-corrected chi connectivity index (χ4v) is 3.98. The smallest absolute Gasteiger partial charge is 0.335 e. The highest BCUT2D eigenvalue weighted by molar-refractivity contribution is 8.18. The molecule has 0 atom stereocenters. The summed E-state index contributed by atoms with van der Waals surface area (Å²) in [5.74, 6) is -0.196. The molecule has 31 heavy (non-hydrogen) atoms. The summed E-state index contributed by atoms with van der Waals surface area (Å²) in [6, 6.07) is 14.5. The summed E-state index contributed by atoms with van der Waals surface area (Å²) in [6.45, 7) is 5.77. The van der Waals surface area contributed by atoms with E-state index in [1.165, 1.54) is 11.8 Å². The van der Waals surface area contributed by atoms with Gasteiger partial charge in [0.2, 0.25) is 0 Å². The fraction of sp³-hybridized carbons (Fsp3) is 0.125. The summed E-state index contributed by atoms with van der Waals surface area (Å²) in [5.41, 5.74) is 4.59. The number of hydrogen-bond acceptors (Lipinski definition) is 5. The van der Waals surface area contributed by atoms with Gasteiger partial charge in [-0.25, -0.2) is 9.79 Å². The lowest BCUT2D eigenvalue weighted by atomic mass is 10.0. The van der Waals surface area contributed by atoms with Crippen molar-refractivity contribution in [2.45, 2.75) is 20.8 Å². The molecular formula is C24H20N2O4S. The van der Waals surface area contributed by atoms with E-state index in [-0.39, 0.29) is 11.5 Å². The second kappa shape index (κ2) is 8.28. The van der Waals surface area contributed by atoms with Crippen LogP contribution in [0.1, 0.15) is 32.8 Å². The van der Waals surface area contributed by atoms with E-state index in [2.05, 4.69) is 10.3 Å². The number of hydrogen-bond donors (Lipinski definition) is 2. The monoisotopic (exact) mass is 432 g/mol. The number of aryl methyl sites for hydroxylation is 2. The number of aliphatic imine (C=N–C) groups is 1. The first-order valence-electron chi connectivity index (χ1n) is 9.62. The lowest BCUT2D eigenvalue weighted by Crippen LogP contribution is -2.19. The predicted octanol–water partition coefficient (Wildman–Crippen LogP) is 5.46. The molecule has 1 amide bonds.